The number of carbonyl (C=O) groups excluding carboxylic acids is 2. The third-order valence-electron chi connectivity index (χ3n) is 4.80. The molecule has 172 valence electrons. The first-order valence-electron chi connectivity index (χ1n) is 10.4. The third kappa shape index (κ3) is 6.12. The van der Waals surface area contributed by atoms with Crippen molar-refractivity contribution in [3.63, 3.8) is 0 Å². The Morgan fingerprint density at radius 3 is 2.35 bits per heavy atom. The second-order valence-electron chi connectivity index (χ2n) is 7.28. The Morgan fingerprint density at radius 2 is 1.68 bits per heavy atom. The van der Waals surface area contributed by atoms with Gasteiger partial charge in [0.25, 0.3) is 0 Å². The van der Waals surface area contributed by atoms with E-state index in [4.69, 9.17) is 4.74 Å². The molecule has 7 nitrogen and oxygen atoms in total. The number of halogens is 1. The summed E-state index contributed by atoms with van der Waals surface area (Å²) in [6.07, 6.45) is 0. The summed E-state index contributed by atoms with van der Waals surface area (Å²) < 4.78 is 8.76. The summed E-state index contributed by atoms with van der Waals surface area (Å²) >= 11 is 4.70. The monoisotopic (exact) mass is 536 g/mol. The van der Waals surface area contributed by atoms with Crippen molar-refractivity contribution in [2.45, 2.75) is 18.7 Å². The van der Waals surface area contributed by atoms with Crippen molar-refractivity contribution in [1.29, 1.82) is 0 Å². The van der Waals surface area contributed by atoms with Crippen LogP contribution in [-0.2, 0) is 11.4 Å². The summed E-state index contributed by atoms with van der Waals surface area (Å²) in [5.74, 6) is 1.28. The largest absolute Gasteiger partial charge is 0.486 e. The number of Topliss-reactive ketones (excluding diaryl/α,β-unsaturated/α-hetero) is 1. The number of hydrogen-bond donors (Lipinski definition) is 1. The number of ether oxygens (including phenoxy) is 1. The number of benzene rings is 3. The standard InChI is InChI=1S/C25H21BrN4O3S/c1-17(31)18-7-11-20(12-8-18)27-24(32)16-34-25-29-28-23(30(25)21-5-3-2-4-6-21)15-33-22-13-9-19(26)10-14-22/h2-14H,15-16H2,1H3,(H,27,32). The van der Waals surface area contributed by atoms with E-state index in [-0.39, 0.29) is 24.1 Å². The molecule has 34 heavy (non-hydrogen) atoms. The van der Waals surface area contributed by atoms with Crippen LogP contribution in [0.25, 0.3) is 5.69 Å². The molecule has 0 saturated heterocycles. The lowest BCUT2D eigenvalue weighted by molar-refractivity contribution is -0.113. The van der Waals surface area contributed by atoms with Gasteiger partial charge in [0, 0.05) is 21.4 Å². The minimum atomic E-state index is -0.184. The van der Waals surface area contributed by atoms with E-state index in [2.05, 4.69) is 31.4 Å². The molecule has 0 saturated carbocycles. The van der Waals surface area contributed by atoms with Crippen LogP contribution in [0.4, 0.5) is 5.69 Å². The molecule has 0 aliphatic heterocycles. The maximum Gasteiger partial charge on any atom is 0.234 e. The summed E-state index contributed by atoms with van der Waals surface area (Å²) in [6, 6.07) is 24.1. The number of nitrogens with zero attached hydrogens (tertiary/aromatic N) is 3. The molecule has 1 heterocycles. The van der Waals surface area contributed by atoms with Crippen molar-refractivity contribution >= 4 is 45.1 Å². The van der Waals surface area contributed by atoms with Crippen LogP contribution in [0.2, 0.25) is 0 Å². The highest BCUT2D eigenvalue weighted by molar-refractivity contribution is 9.10. The molecule has 0 radical (unpaired) electrons. The number of ketones is 1. The van der Waals surface area contributed by atoms with Crippen molar-refractivity contribution in [1.82, 2.24) is 14.8 Å². The summed E-state index contributed by atoms with van der Waals surface area (Å²) in [4.78, 5) is 23.9. The zero-order chi connectivity index (χ0) is 23.9. The van der Waals surface area contributed by atoms with Crippen molar-refractivity contribution in [3.05, 3.63) is 94.7 Å². The maximum atomic E-state index is 12.5. The Kier molecular flexibility index (Phi) is 7.76. The van der Waals surface area contributed by atoms with E-state index in [9.17, 15) is 9.59 Å². The van der Waals surface area contributed by atoms with Gasteiger partial charge in [0.2, 0.25) is 5.91 Å². The number of anilines is 1. The van der Waals surface area contributed by atoms with Gasteiger partial charge in [-0.2, -0.15) is 0 Å². The molecule has 0 aliphatic carbocycles. The minimum absolute atomic E-state index is 0.0198. The smallest absolute Gasteiger partial charge is 0.234 e. The highest BCUT2D eigenvalue weighted by Gasteiger charge is 2.16. The average Bonchev–Trinajstić information content (AvgIpc) is 3.26. The molecular formula is C25H21BrN4O3S. The highest BCUT2D eigenvalue weighted by atomic mass is 79.9. The minimum Gasteiger partial charge on any atom is -0.486 e. The van der Waals surface area contributed by atoms with Gasteiger partial charge < -0.3 is 10.1 Å². The Morgan fingerprint density at radius 1 is 0.971 bits per heavy atom. The Labute approximate surface area is 209 Å². The zero-order valence-corrected chi connectivity index (χ0v) is 20.7. The quantitative estimate of drug-likeness (QED) is 0.223. The van der Waals surface area contributed by atoms with E-state index in [0.717, 1.165) is 15.9 Å². The van der Waals surface area contributed by atoms with E-state index in [1.807, 2.05) is 59.2 Å². The second kappa shape index (κ2) is 11.1. The fourth-order valence-corrected chi connectivity index (χ4v) is 4.15. The van der Waals surface area contributed by atoms with Gasteiger partial charge >= 0.3 is 0 Å². The number of carbonyl (C=O) groups is 2. The molecular weight excluding hydrogens is 516 g/mol. The molecule has 0 fully saturated rings. The third-order valence-corrected chi connectivity index (χ3v) is 6.26. The predicted octanol–water partition coefficient (Wildman–Crippen LogP) is 5.54. The average molecular weight is 537 g/mol. The van der Waals surface area contributed by atoms with Gasteiger partial charge in [-0.3, -0.25) is 14.2 Å². The van der Waals surface area contributed by atoms with Gasteiger partial charge in [-0.25, -0.2) is 0 Å². The van der Waals surface area contributed by atoms with Crippen molar-refractivity contribution in [3.8, 4) is 11.4 Å². The molecule has 9 heteroatoms. The molecule has 0 spiro atoms. The number of aromatic nitrogens is 3. The molecule has 0 bridgehead atoms. The first-order chi connectivity index (χ1) is 16.5. The Balaban J connectivity index is 1.45. The van der Waals surface area contributed by atoms with E-state index in [1.165, 1.54) is 18.7 Å². The second-order valence-corrected chi connectivity index (χ2v) is 9.14. The van der Waals surface area contributed by atoms with Gasteiger partial charge in [0.15, 0.2) is 16.8 Å². The van der Waals surface area contributed by atoms with E-state index in [0.29, 0.717) is 22.2 Å². The van der Waals surface area contributed by atoms with E-state index >= 15 is 0 Å². The summed E-state index contributed by atoms with van der Waals surface area (Å²) in [5, 5.41) is 12.0. The molecule has 1 N–H and O–H groups in total. The van der Waals surface area contributed by atoms with Crippen LogP contribution >= 0.6 is 27.7 Å². The van der Waals surface area contributed by atoms with Crippen LogP contribution < -0.4 is 10.1 Å². The highest BCUT2D eigenvalue weighted by Crippen LogP contribution is 2.24. The summed E-state index contributed by atoms with van der Waals surface area (Å²) in [5.41, 5.74) is 2.11. The molecule has 4 aromatic rings. The molecule has 1 amide bonds. The maximum absolute atomic E-state index is 12.5. The summed E-state index contributed by atoms with van der Waals surface area (Å²) in [7, 11) is 0. The number of thioether (sulfide) groups is 1. The Bertz CT molecular complexity index is 1280. The molecule has 4 rings (SSSR count). The van der Waals surface area contributed by atoms with Gasteiger partial charge in [0.05, 0.1) is 5.75 Å². The lowest BCUT2D eigenvalue weighted by atomic mass is 10.1. The van der Waals surface area contributed by atoms with Gasteiger partial charge in [-0.15, -0.1) is 10.2 Å². The number of nitrogens with one attached hydrogen (secondary N) is 1. The lowest BCUT2D eigenvalue weighted by Crippen LogP contribution is -2.15. The number of para-hydroxylation sites is 1. The number of hydrogen-bond acceptors (Lipinski definition) is 6. The van der Waals surface area contributed by atoms with Crippen LogP contribution in [0.1, 0.15) is 23.1 Å². The fraction of sp³-hybridized carbons (Fsp3) is 0.120. The predicted molar refractivity (Wildman–Crippen MR) is 136 cm³/mol. The van der Waals surface area contributed by atoms with Gasteiger partial charge in [-0.1, -0.05) is 45.9 Å². The Hall–Kier alpha value is -3.43. The van der Waals surface area contributed by atoms with Crippen LogP contribution in [0, 0.1) is 0 Å². The van der Waals surface area contributed by atoms with Crippen LogP contribution in [0.3, 0.4) is 0 Å². The summed E-state index contributed by atoms with van der Waals surface area (Å²) in [6.45, 7) is 1.73. The SMILES string of the molecule is CC(=O)c1ccc(NC(=O)CSc2nnc(COc3ccc(Br)cc3)n2-c2ccccc2)cc1. The molecule has 3 aromatic carbocycles. The van der Waals surface area contributed by atoms with Crippen molar-refractivity contribution < 1.29 is 14.3 Å². The first-order valence-corrected chi connectivity index (χ1v) is 12.2. The van der Waals surface area contributed by atoms with Crippen LogP contribution in [-0.4, -0.2) is 32.2 Å². The van der Waals surface area contributed by atoms with Gasteiger partial charge in [-0.05, 0) is 67.6 Å². The van der Waals surface area contributed by atoms with Gasteiger partial charge in [0.1, 0.15) is 12.4 Å². The lowest BCUT2D eigenvalue weighted by Gasteiger charge is -2.11. The van der Waals surface area contributed by atoms with E-state index < -0.39 is 0 Å². The molecule has 0 aliphatic rings. The van der Waals surface area contributed by atoms with Crippen molar-refractivity contribution in [2.24, 2.45) is 0 Å². The molecule has 1 aromatic heterocycles. The topological polar surface area (TPSA) is 86.1 Å². The normalized spacial score (nSPS) is 10.6. The number of amides is 1. The zero-order valence-electron chi connectivity index (χ0n) is 18.3. The van der Waals surface area contributed by atoms with E-state index in [1.54, 1.807) is 24.3 Å². The molecule has 0 unspecified atom stereocenters. The first kappa shape index (κ1) is 23.7. The fourth-order valence-electron chi connectivity index (χ4n) is 3.12. The molecule has 0 atom stereocenters. The van der Waals surface area contributed by atoms with Crippen LogP contribution in [0.5, 0.6) is 5.75 Å². The van der Waals surface area contributed by atoms with Crippen molar-refractivity contribution in [2.75, 3.05) is 11.1 Å². The number of rotatable bonds is 9. The van der Waals surface area contributed by atoms with Crippen LogP contribution in [0.15, 0.2) is 88.5 Å².